The Balaban J connectivity index is 2.22. The van der Waals surface area contributed by atoms with E-state index in [4.69, 9.17) is 0 Å². The minimum atomic E-state index is -0.0569. The highest BCUT2D eigenvalue weighted by molar-refractivity contribution is 4.79. The van der Waals surface area contributed by atoms with E-state index in [-0.39, 0.29) is 12.1 Å². The van der Waals surface area contributed by atoms with Crippen LogP contribution in [-0.2, 0) is 0 Å². The van der Waals surface area contributed by atoms with Gasteiger partial charge in [-0.1, -0.05) is 25.7 Å². The van der Waals surface area contributed by atoms with Crippen LogP contribution in [0.25, 0.3) is 0 Å². The number of hydrogen-bond donors (Lipinski definition) is 1. The van der Waals surface area contributed by atoms with Gasteiger partial charge in [-0.25, -0.2) is 0 Å². The summed E-state index contributed by atoms with van der Waals surface area (Å²) in [6.07, 6.45) is 7.01. The lowest BCUT2D eigenvalue weighted by atomic mass is 10.0. The molecule has 1 aliphatic rings. The maximum atomic E-state index is 9.21. The molecule has 1 rings (SSSR count). The lowest BCUT2D eigenvalue weighted by Gasteiger charge is -2.34. The van der Waals surface area contributed by atoms with Crippen LogP contribution in [0.15, 0.2) is 0 Å². The lowest BCUT2D eigenvalue weighted by Crippen LogP contribution is -2.44. The minimum absolute atomic E-state index is 0.0569. The summed E-state index contributed by atoms with van der Waals surface area (Å²) in [4.78, 5) is 2.28. The second-order valence-electron chi connectivity index (χ2n) is 5.33. The zero-order valence-corrected chi connectivity index (χ0v) is 9.92. The van der Waals surface area contributed by atoms with E-state index < -0.39 is 0 Å². The highest BCUT2D eigenvalue weighted by Crippen LogP contribution is 2.28. The molecule has 0 spiro atoms. The molecule has 0 heterocycles. The van der Waals surface area contributed by atoms with Crippen LogP contribution >= 0.6 is 0 Å². The SMILES string of the molecule is CN(CCC1CCCC1)C(C)(C)CO. The van der Waals surface area contributed by atoms with Gasteiger partial charge < -0.3 is 5.11 Å². The number of hydrogen-bond acceptors (Lipinski definition) is 2. The fourth-order valence-corrected chi connectivity index (χ4v) is 2.10. The minimum Gasteiger partial charge on any atom is -0.394 e. The van der Waals surface area contributed by atoms with Crippen molar-refractivity contribution >= 4 is 0 Å². The van der Waals surface area contributed by atoms with E-state index >= 15 is 0 Å². The molecule has 1 fully saturated rings. The largest absolute Gasteiger partial charge is 0.394 e. The number of aliphatic hydroxyl groups excluding tert-OH is 1. The molecular formula is C12H25NO. The van der Waals surface area contributed by atoms with Crippen molar-refractivity contribution in [2.75, 3.05) is 20.2 Å². The van der Waals surface area contributed by atoms with Gasteiger partial charge in [-0.3, -0.25) is 4.90 Å². The third kappa shape index (κ3) is 3.25. The number of likely N-dealkylation sites (N-methyl/N-ethyl adjacent to an activating group) is 1. The molecule has 84 valence electrons. The van der Waals surface area contributed by atoms with Crippen molar-refractivity contribution < 1.29 is 5.11 Å². The molecule has 0 aromatic rings. The fraction of sp³-hybridized carbons (Fsp3) is 1.00. The van der Waals surface area contributed by atoms with Gasteiger partial charge in [-0.15, -0.1) is 0 Å². The van der Waals surface area contributed by atoms with Crippen molar-refractivity contribution in [1.82, 2.24) is 4.90 Å². The summed E-state index contributed by atoms with van der Waals surface area (Å²) < 4.78 is 0. The van der Waals surface area contributed by atoms with Gasteiger partial charge in [-0.05, 0) is 39.8 Å². The van der Waals surface area contributed by atoms with E-state index in [0.717, 1.165) is 12.5 Å². The van der Waals surface area contributed by atoms with Crippen LogP contribution in [0.3, 0.4) is 0 Å². The van der Waals surface area contributed by atoms with Crippen LogP contribution in [0.2, 0.25) is 0 Å². The molecule has 0 aromatic heterocycles. The summed E-state index contributed by atoms with van der Waals surface area (Å²) in [6, 6.07) is 0. The predicted octanol–water partition coefficient (Wildman–Crippen LogP) is 2.27. The Kier molecular flexibility index (Phi) is 4.39. The van der Waals surface area contributed by atoms with Crippen molar-refractivity contribution in [2.24, 2.45) is 5.92 Å². The quantitative estimate of drug-likeness (QED) is 0.734. The van der Waals surface area contributed by atoms with E-state index in [1.54, 1.807) is 0 Å². The Morgan fingerprint density at radius 1 is 1.29 bits per heavy atom. The average molecular weight is 199 g/mol. The smallest absolute Gasteiger partial charge is 0.0609 e. The van der Waals surface area contributed by atoms with Crippen LogP contribution in [0.4, 0.5) is 0 Å². The topological polar surface area (TPSA) is 23.5 Å². The van der Waals surface area contributed by atoms with Gasteiger partial charge in [0.1, 0.15) is 0 Å². The van der Waals surface area contributed by atoms with Crippen LogP contribution in [-0.4, -0.2) is 35.7 Å². The van der Waals surface area contributed by atoms with Gasteiger partial charge in [-0.2, -0.15) is 0 Å². The van der Waals surface area contributed by atoms with Crippen molar-refractivity contribution in [3.8, 4) is 0 Å². The molecule has 2 nitrogen and oxygen atoms in total. The molecule has 0 radical (unpaired) electrons. The first-order valence-electron chi connectivity index (χ1n) is 5.88. The van der Waals surface area contributed by atoms with Crippen LogP contribution in [0.1, 0.15) is 46.0 Å². The van der Waals surface area contributed by atoms with Crippen LogP contribution in [0, 0.1) is 5.92 Å². The summed E-state index contributed by atoms with van der Waals surface area (Å²) in [5.41, 5.74) is -0.0569. The molecule has 0 unspecified atom stereocenters. The maximum Gasteiger partial charge on any atom is 0.0609 e. The Hall–Kier alpha value is -0.0800. The molecule has 0 amide bonds. The maximum absolute atomic E-state index is 9.21. The number of rotatable bonds is 5. The zero-order chi connectivity index (χ0) is 10.6. The molecular weight excluding hydrogens is 174 g/mol. The van der Waals surface area contributed by atoms with E-state index in [1.165, 1.54) is 32.1 Å². The van der Waals surface area contributed by atoms with E-state index in [0.29, 0.717) is 0 Å². The molecule has 0 atom stereocenters. The second kappa shape index (κ2) is 5.13. The van der Waals surface area contributed by atoms with Gasteiger partial charge in [0.15, 0.2) is 0 Å². The Morgan fingerprint density at radius 3 is 2.36 bits per heavy atom. The summed E-state index contributed by atoms with van der Waals surface area (Å²) in [7, 11) is 2.12. The molecule has 1 saturated carbocycles. The first-order valence-corrected chi connectivity index (χ1v) is 5.88. The third-order valence-corrected chi connectivity index (χ3v) is 3.77. The van der Waals surface area contributed by atoms with Gasteiger partial charge in [0.25, 0.3) is 0 Å². The average Bonchev–Trinajstić information content (AvgIpc) is 2.66. The van der Waals surface area contributed by atoms with E-state index in [1.807, 2.05) is 0 Å². The third-order valence-electron chi connectivity index (χ3n) is 3.77. The van der Waals surface area contributed by atoms with Gasteiger partial charge in [0.05, 0.1) is 6.61 Å². The molecule has 2 heteroatoms. The van der Waals surface area contributed by atoms with Gasteiger partial charge in [0.2, 0.25) is 0 Å². The van der Waals surface area contributed by atoms with Crippen LogP contribution in [0.5, 0.6) is 0 Å². The summed E-state index contributed by atoms with van der Waals surface area (Å²) in [5.74, 6) is 0.951. The lowest BCUT2D eigenvalue weighted by molar-refractivity contribution is 0.0746. The predicted molar refractivity (Wildman–Crippen MR) is 60.4 cm³/mol. The van der Waals surface area contributed by atoms with Gasteiger partial charge >= 0.3 is 0 Å². The number of aliphatic hydroxyl groups is 1. The van der Waals surface area contributed by atoms with E-state index in [2.05, 4.69) is 25.8 Å². The first-order chi connectivity index (χ1) is 6.56. The van der Waals surface area contributed by atoms with Crippen LogP contribution < -0.4 is 0 Å². The highest BCUT2D eigenvalue weighted by Gasteiger charge is 2.23. The van der Waals surface area contributed by atoms with Crippen molar-refractivity contribution in [3.05, 3.63) is 0 Å². The van der Waals surface area contributed by atoms with Crippen molar-refractivity contribution in [1.29, 1.82) is 0 Å². The van der Waals surface area contributed by atoms with Crippen molar-refractivity contribution in [2.45, 2.75) is 51.5 Å². The summed E-state index contributed by atoms with van der Waals surface area (Å²) in [5, 5.41) is 9.21. The Labute approximate surface area is 88.3 Å². The Morgan fingerprint density at radius 2 is 1.86 bits per heavy atom. The highest BCUT2D eigenvalue weighted by atomic mass is 16.3. The van der Waals surface area contributed by atoms with E-state index in [9.17, 15) is 5.11 Å². The molecule has 14 heavy (non-hydrogen) atoms. The summed E-state index contributed by atoms with van der Waals surface area (Å²) >= 11 is 0. The number of nitrogens with zero attached hydrogens (tertiary/aromatic N) is 1. The molecule has 0 aromatic carbocycles. The molecule has 0 saturated heterocycles. The van der Waals surface area contributed by atoms with Crippen molar-refractivity contribution in [3.63, 3.8) is 0 Å². The monoisotopic (exact) mass is 199 g/mol. The molecule has 0 bridgehead atoms. The van der Waals surface area contributed by atoms with Gasteiger partial charge in [0, 0.05) is 5.54 Å². The normalized spacial score (nSPS) is 19.5. The second-order valence-corrected chi connectivity index (χ2v) is 5.33. The first kappa shape index (κ1) is 12.0. The zero-order valence-electron chi connectivity index (χ0n) is 9.92. The standard InChI is InChI=1S/C12H25NO/c1-12(2,10-14)13(3)9-8-11-6-4-5-7-11/h11,14H,4-10H2,1-3H3. The Bertz CT molecular complexity index is 162. The molecule has 0 aliphatic heterocycles. The summed E-state index contributed by atoms with van der Waals surface area (Å²) in [6.45, 7) is 5.57. The molecule has 1 N–H and O–H groups in total. The fourth-order valence-electron chi connectivity index (χ4n) is 2.10. The molecule has 1 aliphatic carbocycles.